The van der Waals surface area contributed by atoms with Crippen LogP contribution >= 0.6 is 0 Å². The first-order chi connectivity index (χ1) is 12.8. The number of rotatable bonds is 3. The van der Waals surface area contributed by atoms with Crippen molar-refractivity contribution < 1.29 is 22.8 Å². The number of nitrogens with zero attached hydrogens (tertiary/aromatic N) is 1. The lowest BCUT2D eigenvalue weighted by Gasteiger charge is -2.35. The van der Waals surface area contributed by atoms with E-state index in [-0.39, 0.29) is 18.4 Å². The molecule has 2 aromatic carbocycles. The van der Waals surface area contributed by atoms with Gasteiger partial charge in [-0.1, -0.05) is 36.4 Å². The van der Waals surface area contributed by atoms with Crippen LogP contribution in [0.5, 0.6) is 0 Å². The zero-order chi connectivity index (χ0) is 19.6. The predicted molar refractivity (Wildman–Crippen MR) is 93.6 cm³/mol. The molecular formula is C20H19F3N2O2. The van der Waals surface area contributed by atoms with Crippen molar-refractivity contribution in [3.63, 3.8) is 0 Å². The molecule has 1 heterocycles. The van der Waals surface area contributed by atoms with Crippen LogP contribution in [0.15, 0.2) is 48.5 Å². The van der Waals surface area contributed by atoms with Crippen molar-refractivity contribution in [2.24, 2.45) is 0 Å². The molecular weight excluding hydrogens is 357 g/mol. The fourth-order valence-electron chi connectivity index (χ4n) is 3.29. The molecule has 1 aliphatic rings. The van der Waals surface area contributed by atoms with E-state index in [1.165, 1.54) is 24.0 Å². The van der Waals surface area contributed by atoms with Gasteiger partial charge in [0.1, 0.15) is 6.04 Å². The molecule has 2 aromatic rings. The first-order valence-corrected chi connectivity index (χ1v) is 8.56. The smallest absolute Gasteiger partial charge is 0.350 e. The highest BCUT2D eigenvalue weighted by atomic mass is 19.4. The maximum atomic E-state index is 12.8. The average Bonchev–Trinajstić information content (AvgIpc) is 2.64. The van der Waals surface area contributed by atoms with Gasteiger partial charge in [0.15, 0.2) is 0 Å². The normalized spacial score (nSPS) is 16.6. The van der Waals surface area contributed by atoms with E-state index in [1.807, 2.05) is 24.3 Å². The second-order valence-corrected chi connectivity index (χ2v) is 6.48. The van der Waals surface area contributed by atoms with Gasteiger partial charge < -0.3 is 10.2 Å². The summed E-state index contributed by atoms with van der Waals surface area (Å²) in [6, 6.07) is 11.4. The summed E-state index contributed by atoms with van der Waals surface area (Å²) in [4.78, 5) is 26.3. The van der Waals surface area contributed by atoms with Crippen LogP contribution in [0.2, 0.25) is 0 Å². The van der Waals surface area contributed by atoms with Gasteiger partial charge in [-0.25, -0.2) is 0 Å². The Kier molecular flexibility index (Phi) is 5.21. The topological polar surface area (TPSA) is 49.4 Å². The van der Waals surface area contributed by atoms with Gasteiger partial charge in [0.2, 0.25) is 11.8 Å². The van der Waals surface area contributed by atoms with Crippen LogP contribution in [0.4, 0.5) is 13.2 Å². The molecule has 0 fully saturated rings. The number of carbonyl (C=O) groups is 2. The monoisotopic (exact) mass is 376 g/mol. The zero-order valence-corrected chi connectivity index (χ0v) is 14.7. The van der Waals surface area contributed by atoms with E-state index in [9.17, 15) is 22.8 Å². The number of hydrogen-bond acceptors (Lipinski definition) is 2. The summed E-state index contributed by atoms with van der Waals surface area (Å²) in [5.74, 6) is -0.545. The Morgan fingerprint density at radius 1 is 1.11 bits per heavy atom. The van der Waals surface area contributed by atoms with Crippen LogP contribution in [0.3, 0.4) is 0 Å². The largest absolute Gasteiger partial charge is 0.416 e. The van der Waals surface area contributed by atoms with Crippen molar-refractivity contribution in [1.29, 1.82) is 0 Å². The summed E-state index contributed by atoms with van der Waals surface area (Å²) in [7, 11) is 0. The molecule has 0 bridgehead atoms. The van der Waals surface area contributed by atoms with E-state index < -0.39 is 17.8 Å². The number of hydrogen-bond donors (Lipinski definition) is 1. The summed E-state index contributed by atoms with van der Waals surface area (Å²) in [5, 5.41) is 2.74. The van der Waals surface area contributed by atoms with Gasteiger partial charge in [0.05, 0.1) is 5.56 Å². The van der Waals surface area contributed by atoms with Crippen molar-refractivity contribution in [3.8, 4) is 0 Å². The van der Waals surface area contributed by atoms with Crippen LogP contribution in [-0.4, -0.2) is 23.3 Å². The first kappa shape index (κ1) is 18.9. The van der Waals surface area contributed by atoms with Gasteiger partial charge in [-0.3, -0.25) is 9.59 Å². The molecule has 1 N–H and O–H groups in total. The van der Waals surface area contributed by atoms with E-state index in [0.29, 0.717) is 18.5 Å². The summed E-state index contributed by atoms with van der Waals surface area (Å²) >= 11 is 0. The molecule has 3 rings (SSSR count). The maximum Gasteiger partial charge on any atom is 0.416 e. The van der Waals surface area contributed by atoms with Crippen LogP contribution in [-0.2, 0) is 28.7 Å². The lowest BCUT2D eigenvalue weighted by atomic mass is 9.92. The van der Waals surface area contributed by atoms with E-state index in [4.69, 9.17) is 0 Å². The van der Waals surface area contributed by atoms with Crippen LogP contribution in [0.1, 0.15) is 35.2 Å². The second kappa shape index (κ2) is 7.42. The van der Waals surface area contributed by atoms with E-state index in [2.05, 4.69) is 5.32 Å². The SMILES string of the molecule is CC(=O)N1CCc2ccccc2[C@H]1C(=O)NCc1ccc(C(F)(F)F)cc1. The van der Waals surface area contributed by atoms with Gasteiger partial charge in [0, 0.05) is 20.0 Å². The molecule has 0 unspecified atom stereocenters. The quantitative estimate of drug-likeness (QED) is 0.892. The molecule has 0 spiro atoms. The first-order valence-electron chi connectivity index (χ1n) is 8.56. The highest BCUT2D eigenvalue weighted by Gasteiger charge is 2.34. The summed E-state index contributed by atoms with van der Waals surface area (Å²) < 4.78 is 37.9. The van der Waals surface area contributed by atoms with Gasteiger partial charge in [-0.05, 0) is 35.2 Å². The Bertz CT molecular complexity index is 847. The molecule has 1 atom stereocenters. The highest BCUT2D eigenvalue weighted by Crippen LogP contribution is 2.31. The second-order valence-electron chi connectivity index (χ2n) is 6.48. The van der Waals surface area contributed by atoms with Gasteiger partial charge in [0.25, 0.3) is 0 Å². The average molecular weight is 376 g/mol. The summed E-state index contributed by atoms with van der Waals surface area (Å²) in [6.45, 7) is 1.95. The summed E-state index contributed by atoms with van der Waals surface area (Å²) in [6.07, 6.45) is -3.71. The predicted octanol–water partition coefficient (Wildman–Crippen LogP) is 3.47. The van der Waals surface area contributed by atoms with Crippen LogP contribution < -0.4 is 5.32 Å². The van der Waals surface area contributed by atoms with Crippen molar-refractivity contribution in [1.82, 2.24) is 10.2 Å². The lowest BCUT2D eigenvalue weighted by Crippen LogP contribution is -2.46. The highest BCUT2D eigenvalue weighted by molar-refractivity contribution is 5.88. The van der Waals surface area contributed by atoms with Crippen LogP contribution in [0, 0.1) is 0 Å². The van der Waals surface area contributed by atoms with Crippen molar-refractivity contribution in [2.45, 2.75) is 32.1 Å². The van der Waals surface area contributed by atoms with Gasteiger partial charge in [-0.2, -0.15) is 13.2 Å². The number of carbonyl (C=O) groups excluding carboxylic acids is 2. The molecule has 1 aliphatic heterocycles. The summed E-state index contributed by atoms with van der Waals surface area (Å²) in [5.41, 5.74) is 1.62. The Morgan fingerprint density at radius 3 is 2.41 bits per heavy atom. The molecule has 142 valence electrons. The fraction of sp³-hybridized carbons (Fsp3) is 0.300. The molecule has 0 aromatic heterocycles. The van der Waals surface area contributed by atoms with Gasteiger partial charge in [-0.15, -0.1) is 0 Å². The standard InChI is InChI=1S/C20H19F3N2O2/c1-13(26)25-11-10-15-4-2-3-5-17(15)18(25)19(27)24-12-14-6-8-16(9-7-14)20(21,22)23/h2-9,18H,10-12H2,1H3,(H,24,27)/t18-/m0/s1. The lowest BCUT2D eigenvalue weighted by molar-refractivity contribution is -0.139. The van der Waals surface area contributed by atoms with E-state index >= 15 is 0 Å². The minimum atomic E-state index is -4.39. The fourth-order valence-corrected chi connectivity index (χ4v) is 3.29. The number of benzene rings is 2. The van der Waals surface area contributed by atoms with E-state index in [1.54, 1.807) is 0 Å². The van der Waals surface area contributed by atoms with Gasteiger partial charge >= 0.3 is 6.18 Å². The molecule has 4 nitrogen and oxygen atoms in total. The molecule has 0 aliphatic carbocycles. The Labute approximate surface area is 155 Å². The number of amides is 2. The zero-order valence-electron chi connectivity index (χ0n) is 14.7. The van der Waals surface area contributed by atoms with Crippen molar-refractivity contribution >= 4 is 11.8 Å². The third-order valence-electron chi connectivity index (χ3n) is 4.68. The third-order valence-corrected chi connectivity index (χ3v) is 4.68. The number of nitrogens with one attached hydrogen (secondary N) is 1. The molecule has 7 heteroatoms. The molecule has 0 radical (unpaired) electrons. The minimum absolute atomic E-state index is 0.0847. The third kappa shape index (κ3) is 4.13. The molecule has 2 amide bonds. The maximum absolute atomic E-state index is 12.8. The molecule has 0 saturated heterocycles. The molecule has 27 heavy (non-hydrogen) atoms. The Hall–Kier alpha value is -2.83. The van der Waals surface area contributed by atoms with Crippen molar-refractivity contribution in [2.75, 3.05) is 6.54 Å². The Morgan fingerprint density at radius 2 is 1.78 bits per heavy atom. The molecule has 0 saturated carbocycles. The Balaban J connectivity index is 1.75. The van der Waals surface area contributed by atoms with E-state index in [0.717, 1.165) is 23.3 Å². The van der Waals surface area contributed by atoms with Crippen LogP contribution in [0.25, 0.3) is 0 Å². The number of fused-ring (bicyclic) bond motifs is 1. The number of halogens is 3. The van der Waals surface area contributed by atoms with Crippen molar-refractivity contribution in [3.05, 3.63) is 70.8 Å². The minimum Gasteiger partial charge on any atom is -0.350 e. The number of alkyl halides is 3.